The molecule has 0 saturated heterocycles. The standard InChI is InChI=1S/C18H7Cl6F2N3O2/c19-7-4-6(5-8(20)14(7)29-15(23)12(21)13(22)16(29)24)27-18(31)28-17(30)11-9(25)2-1-3-10(11)26/h1-5H,(H2,27,28,30,31). The van der Waals surface area contributed by atoms with Crippen LogP contribution in [-0.4, -0.2) is 16.5 Å². The van der Waals surface area contributed by atoms with Crippen LogP contribution in [-0.2, 0) is 0 Å². The highest BCUT2D eigenvalue weighted by molar-refractivity contribution is 6.52. The number of hydrogen-bond donors (Lipinski definition) is 2. The van der Waals surface area contributed by atoms with Gasteiger partial charge in [0.25, 0.3) is 5.91 Å². The van der Waals surface area contributed by atoms with Gasteiger partial charge in [0.1, 0.15) is 27.5 Å². The van der Waals surface area contributed by atoms with Gasteiger partial charge in [0, 0.05) is 5.69 Å². The maximum atomic E-state index is 13.7. The Kier molecular flexibility index (Phi) is 7.25. The van der Waals surface area contributed by atoms with Crippen LogP contribution < -0.4 is 10.6 Å². The smallest absolute Gasteiger partial charge is 0.308 e. The lowest BCUT2D eigenvalue weighted by atomic mass is 10.2. The normalized spacial score (nSPS) is 10.8. The maximum absolute atomic E-state index is 13.7. The molecule has 0 spiro atoms. The summed E-state index contributed by atoms with van der Waals surface area (Å²) in [5.74, 6) is -3.53. The Bertz CT molecular complexity index is 1160. The number of carbonyl (C=O) groups excluding carboxylic acids is 2. The Morgan fingerprint density at radius 2 is 1.32 bits per heavy atom. The highest BCUT2D eigenvalue weighted by Gasteiger charge is 2.24. The summed E-state index contributed by atoms with van der Waals surface area (Å²) in [6, 6.07) is 4.29. The fourth-order valence-corrected chi connectivity index (χ4v) is 4.23. The van der Waals surface area contributed by atoms with Gasteiger partial charge in [-0.2, -0.15) is 0 Å². The predicted octanol–water partition coefficient (Wildman–Crippen LogP) is 7.64. The molecular weight excluding hydrogens is 541 g/mol. The minimum atomic E-state index is -1.28. The number of urea groups is 1. The van der Waals surface area contributed by atoms with Crippen LogP contribution in [0.2, 0.25) is 30.4 Å². The summed E-state index contributed by atoms with van der Waals surface area (Å²) in [7, 11) is 0. The van der Waals surface area contributed by atoms with E-state index in [1.807, 2.05) is 0 Å². The highest BCUT2D eigenvalue weighted by Crippen LogP contribution is 2.44. The third-order valence-electron chi connectivity index (χ3n) is 3.86. The van der Waals surface area contributed by atoms with Gasteiger partial charge in [-0.1, -0.05) is 75.7 Å². The zero-order valence-corrected chi connectivity index (χ0v) is 19.2. The molecule has 0 saturated carbocycles. The average molecular weight is 548 g/mol. The molecule has 2 aromatic carbocycles. The molecule has 0 aliphatic heterocycles. The number of nitrogens with zero attached hydrogens (tertiary/aromatic N) is 1. The van der Waals surface area contributed by atoms with E-state index < -0.39 is 29.1 Å². The number of hydrogen-bond acceptors (Lipinski definition) is 2. The van der Waals surface area contributed by atoms with Crippen LogP contribution in [0.5, 0.6) is 0 Å². The highest BCUT2D eigenvalue weighted by atomic mass is 35.5. The van der Waals surface area contributed by atoms with E-state index in [0.29, 0.717) is 0 Å². The van der Waals surface area contributed by atoms with Crippen molar-refractivity contribution in [3.05, 3.63) is 77.9 Å². The SMILES string of the molecule is O=C(NC(=O)c1c(F)cccc1F)Nc1cc(Cl)c(-n2c(Cl)c(Cl)c(Cl)c2Cl)c(Cl)c1. The Hall–Kier alpha value is -1.74. The van der Waals surface area contributed by atoms with E-state index in [9.17, 15) is 18.4 Å². The van der Waals surface area contributed by atoms with Gasteiger partial charge in [-0.05, 0) is 24.3 Å². The van der Waals surface area contributed by atoms with Crippen molar-refractivity contribution in [2.24, 2.45) is 0 Å². The van der Waals surface area contributed by atoms with Crippen LogP contribution in [0.1, 0.15) is 10.4 Å². The molecular formula is C18H7Cl6F2N3O2. The first kappa shape index (κ1) is 23.9. The Morgan fingerprint density at radius 1 is 0.839 bits per heavy atom. The summed E-state index contributed by atoms with van der Waals surface area (Å²) in [6.07, 6.45) is 0. The summed E-state index contributed by atoms with van der Waals surface area (Å²) < 4.78 is 28.6. The van der Waals surface area contributed by atoms with Gasteiger partial charge in [0.2, 0.25) is 0 Å². The lowest BCUT2D eigenvalue weighted by Crippen LogP contribution is -2.35. The summed E-state index contributed by atoms with van der Waals surface area (Å²) in [6.45, 7) is 0. The minimum absolute atomic E-state index is 0.0126. The number of anilines is 1. The molecule has 162 valence electrons. The molecule has 5 nitrogen and oxygen atoms in total. The van der Waals surface area contributed by atoms with Crippen molar-refractivity contribution < 1.29 is 18.4 Å². The zero-order valence-electron chi connectivity index (χ0n) is 14.7. The molecule has 31 heavy (non-hydrogen) atoms. The number of amides is 3. The average Bonchev–Trinajstić information content (AvgIpc) is 2.85. The van der Waals surface area contributed by atoms with Gasteiger partial charge in [0.15, 0.2) is 0 Å². The number of imide groups is 1. The third-order valence-corrected chi connectivity index (χ3v) is 6.18. The molecule has 13 heteroatoms. The molecule has 0 radical (unpaired) electrons. The van der Waals surface area contributed by atoms with Crippen LogP contribution in [0.25, 0.3) is 5.69 Å². The van der Waals surface area contributed by atoms with Crippen LogP contribution in [0.4, 0.5) is 19.3 Å². The Morgan fingerprint density at radius 3 is 1.81 bits per heavy atom. The molecule has 0 unspecified atom stereocenters. The van der Waals surface area contributed by atoms with E-state index >= 15 is 0 Å². The predicted molar refractivity (Wildman–Crippen MR) is 119 cm³/mol. The van der Waals surface area contributed by atoms with Crippen molar-refractivity contribution in [1.82, 2.24) is 9.88 Å². The fourth-order valence-electron chi connectivity index (χ4n) is 2.55. The molecule has 2 N–H and O–H groups in total. The van der Waals surface area contributed by atoms with Crippen LogP contribution in [0.3, 0.4) is 0 Å². The number of benzene rings is 2. The number of halogens is 8. The number of aromatic nitrogens is 1. The first-order valence-corrected chi connectivity index (χ1v) is 10.3. The molecule has 0 aliphatic rings. The second-order valence-electron chi connectivity index (χ2n) is 5.84. The topological polar surface area (TPSA) is 63.1 Å². The largest absolute Gasteiger partial charge is 0.326 e. The second kappa shape index (κ2) is 9.40. The molecule has 1 heterocycles. The Balaban J connectivity index is 1.85. The lowest BCUT2D eigenvalue weighted by Gasteiger charge is -2.14. The minimum Gasteiger partial charge on any atom is -0.308 e. The quantitative estimate of drug-likeness (QED) is 0.354. The summed E-state index contributed by atoms with van der Waals surface area (Å²) in [5.41, 5.74) is -0.730. The summed E-state index contributed by atoms with van der Waals surface area (Å²) in [4.78, 5) is 24.1. The van der Waals surface area contributed by atoms with E-state index in [2.05, 4.69) is 5.32 Å². The van der Waals surface area contributed by atoms with Gasteiger partial charge in [-0.25, -0.2) is 13.6 Å². The van der Waals surface area contributed by atoms with Gasteiger partial charge in [-0.15, -0.1) is 0 Å². The fraction of sp³-hybridized carbons (Fsp3) is 0. The van der Waals surface area contributed by atoms with Crippen LogP contribution in [0, 0.1) is 11.6 Å². The van der Waals surface area contributed by atoms with Crippen LogP contribution in [0.15, 0.2) is 30.3 Å². The van der Waals surface area contributed by atoms with Gasteiger partial charge in [-0.3, -0.25) is 14.7 Å². The zero-order chi connectivity index (χ0) is 23.0. The second-order valence-corrected chi connectivity index (χ2v) is 8.12. The number of rotatable bonds is 3. The molecule has 1 aromatic heterocycles. The van der Waals surface area contributed by atoms with E-state index in [-0.39, 0.29) is 41.8 Å². The van der Waals surface area contributed by atoms with Crippen molar-refractivity contribution in [3.8, 4) is 5.69 Å². The van der Waals surface area contributed by atoms with Crippen molar-refractivity contribution in [2.75, 3.05) is 5.32 Å². The van der Waals surface area contributed by atoms with Crippen molar-refractivity contribution in [3.63, 3.8) is 0 Å². The molecule has 0 fully saturated rings. The Labute approximate surface area is 203 Å². The van der Waals surface area contributed by atoms with Gasteiger partial charge < -0.3 is 5.32 Å². The first-order valence-electron chi connectivity index (χ1n) is 7.99. The molecule has 3 amide bonds. The number of nitrogens with one attached hydrogen (secondary N) is 2. The monoisotopic (exact) mass is 545 g/mol. The third kappa shape index (κ3) is 4.72. The van der Waals surface area contributed by atoms with E-state index in [0.717, 1.165) is 18.2 Å². The molecule has 0 aliphatic carbocycles. The van der Waals surface area contributed by atoms with E-state index in [1.54, 1.807) is 5.32 Å². The summed E-state index contributed by atoms with van der Waals surface area (Å²) in [5, 5.41) is 3.94. The summed E-state index contributed by atoms with van der Waals surface area (Å²) >= 11 is 36.7. The van der Waals surface area contributed by atoms with Crippen molar-refractivity contribution in [1.29, 1.82) is 0 Å². The van der Waals surface area contributed by atoms with E-state index in [4.69, 9.17) is 69.6 Å². The van der Waals surface area contributed by atoms with Crippen molar-refractivity contribution in [2.45, 2.75) is 0 Å². The number of carbonyl (C=O) groups is 2. The first-order chi connectivity index (χ1) is 14.5. The maximum Gasteiger partial charge on any atom is 0.326 e. The molecule has 0 bridgehead atoms. The van der Waals surface area contributed by atoms with Crippen molar-refractivity contribution >= 4 is 87.2 Å². The van der Waals surface area contributed by atoms with Gasteiger partial charge >= 0.3 is 6.03 Å². The van der Waals surface area contributed by atoms with E-state index in [1.165, 1.54) is 16.7 Å². The molecule has 0 atom stereocenters. The molecule has 3 aromatic rings. The van der Waals surface area contributed by atoms with Gasteiger partial charge in [0.05, 0.1) is 25.8 Å². The van der Waals surface area contributed by atoms with Crippen LogP contribution >= 0.6 is 69.6 Å². The lowest BCUT2D eigenvalue weighted by molar-refractivity contribution is 0.0959. The molecule has 3 rings (SSSR count).